The molecule has 5 heterocycles. The number of anilines is 3. The van der Waals surface area contributed by atoms with Crippen molar-refractivity contribution < 1.29 is 0 Å². The van der Waals surface area contributed by atoms with Gasteiger partial charge in [0, 0.05) is 75.3 Å². The van der Waals surface area contributed by atoms with Crippen LogP contribution < -0.4 is 21.3 Å². The number of hydrogen-bond donors (Lipinski definition) is 3. The van der Waals surface area contributed by atoms with Crippen LogP contribution >= 0.6 is 0 Å². The maximum Gasteiger partial charge on any atom is 0.151 e. The molecule has 3 aliphatic rings. The minimum atomic E-state index is 0.356. The number of aryl methyl sites for hydroxylation is 2. The first-order valence-electron chi connectivity index (χ1n) is 15.8. The monoisotopic (exact) mass is 557 g/mol. The van der Waals surface area contributed by atoms with E-state index < -0.39 is 0 Å². The summed E-state index contributed by atoms with van der Waals surface area (Å²) in [4.78, 5) is 22.5. The highest BCUT2D eigenvalue weighted by atomic mass is 15.3. The molecule has 0 amide bonds. The lowest BCUT2D eigenvalue weighted by molar-refractivity contribution is 0.0982. The van der Waals surface area contributed by atoms with Crippen molar-refractivity contribution in [3.8, 4) is 11.1 Å². The Morgan fingerprint density at radius 3 is 2.49 bits per heavy atom. The first-order chi connectivity index (χ1) is 20.0. The average Bonchev–Trinajstić information content (AvgIpc) is 3.02. The number of nitrogens with zero attached hydrogens (tertiary/aromatic N) is 6. The molecule has 41 heavy (non-hydrogen) atoms. The van der Waals surface area contributed by atoms with Crippen LogP contribution in [0.2, 0.25) is 0 Å². The number of hydrogen-bond acceptors (Lipinski definition) is 9. The van der Waals surface area contributed by atoms with Gasteiger partial charge < -0.3 is 26.2 Å². The Bertz CT molecular complexity index is 1340. The van der Waals surface area contributed by atoms with Crippen molar-refractivity contribution in [3.05, 3.63) is 35.7 Å². The molecule has 4 N–H and O–H groups in total. The van der Waals surface area contributed by atoms with Crippen molar-refractivity contribution in [3.63, 3.8) is 0 Å². The van der Waals surface area contributed by atoms with Gasteiger partial charge in [0.25, 0.3) is 0 Å². The topological polar surface area (TPSA) is 98.5 Å². The van der Waals surface area contributed by atoms with Crippen LogP contribution in [0.3, 0.4) is 0 Å². The lowest BCUT2D eigenvalue weighted by atomic mass is 9.97. The molecule has 3 fully saturated rings. The molecule has 3 aliphatic heterocycles. The lowest BCUT2D eigenvalue weighted by Gasteiger charge is -2.43. The van der Waals surface area contributed by atoms with E-state index in [1.165, 1.54) is 56.7 Å². The van der Waals surface area contributed by atoms with E-state index in [0.717, 1.165) is 79.6 Å². The van der Waals surface area contributed by atoms with Gasteiger partial charge in [0.1, 0.15) is 16.9 Å². The predicted molar refractivity (Wildman–Crippen MR) is 170 cm³/mol. The molecule has 0 aliphatic carbocycles. The molecule has 9 heteroatoms. The minimum absolute atomic E-state index is 0.356. The van der Waals surface area contributed by atoms with Gasteiger partial charge in [-0.05, 0) is 75.4 Å². The molecule has 0 radical (unpaired) electrons. The van der Waals surface area contributed by atoms with Crippen LogP contribution in [0.4, 0.5) is 17.3 Å². The fourth-order valence-corrected chi connectivity index (χ4v) is 6.84. The van der Waals surface area contributed by atoms with E-state index in [9.17, 15) is 0 Å². The molecule has 2 aromatic heterocycles. The number of fused-ring (bicyclic) bond motifs is 1. The number of aromatic nitrogens is 3. The second kappa shape index (κ2) is 12.5. The Labute approximate surface area is 244 Å². The third kappa shape index (κ3) is 5.98. The van der Waals surface area contributed by atoms with Gasteiger partial charge >= 0.3 is 0 Å². The zero-order chi connectivity index (χ0) is 28.3. The Balaban J connectivity index is 1.26. The highest BCUT2D eigenvalue weighted by molar-refractivity contribution is 5.97. The molecular weight excluding hydrogens is 510 g/mol. The Hall–Kier alpha value is -3.01. The van der Waals surface area contributed by atoms with Crippen LogP contribution in [0.5, 0.6) is 0 Å². The molecular formula is C32H47N9. The van der Waals surface area contributed by atoms with Crippen molar-refractivity contribution in [2.45, 2.75) is 64.5 Å². The van der Waals surface area contributed by atoms with E-state index in [4.69, 9.17) is 15.7 Å². The second-order valence-electron chi connectivity index (χ2n) is 12.1. The number of nitrogens with two attached hydrogens (primary N) is 1. The van der Waals surface area contributed by atoms with Crippen molar-refractivity contribution in [2.24, 2.45) is 0 Å². The first kappa shape index (κ1) is 28.1. The summed E-state index contributed by atoms with van der Waals surface area (Å²) in [6.45, 7) is 13.4. The summed E-state index contributed by atoms with van der Waals surface area (Å²) in [5.74, 6) is 1.31. The molecule has 3 aromatic rings. The summed E-state index contributed by atoms with van der Waals surface area (Å²) in [6.07, 6.45) is 8.42. The summed E-state index contributed by atoms with van der Waals surface area (Å²) >= 11 is 0. The van der Waals surface area contributed by atoms with Crippen LogP contribution in [0.25, 0.3) is 22.2 Å². The summed E-state index contributed by atoms with van der Waals surface area (Å²) in [6, 6.07) is 7.96. The number of nitrogen functional groups attached to an aromatic ring is 1. The van der Waals surface area contributed by atoms with Gasteiger partial charge in [-0.2, -0.15) is 0 Å². The highest BCUT2D eigenvalue weighted by Gasteiger charge is 2.27. The smallest absolute Gasteiger partial charge is 0.151 e. The largest absolute Gasteiger partial charge is 0.382 e. The predicted octanol–water partition coefficient (Wildman–Crippen LogP) is 3.78. The zero-order valence-corrected chi connectivity index (χ0v) is 25.1. The number of likely N-dealkylation sites (N-methyl/N-ethyl adjacent to an activating group) is 1. The molecule has 0 saturated carbocycles. The molecule has 1 atom stereocenters. The van der Waals surface area contributed by atoms with Crippen molar-refractivity contribution >= 4 is 28.4 Å². The fourth-order valence-electron chi connectivity index (χ4n) is 6.84. The van der Waals surface area contributed by atoms with Crippen LogP contribution in [0.1, 0.15) is 50.8 Å². The summed E-state index contributed by atoms with van der Waals surface area (Å²) < 4.78 is 0. The van der Waals surface area contributed by atoms with Gasteiger partial charge in [-0.1, -0.05) is 19.9 Å². The number of nitrogens with one attached hydrogen (secondary N) is 2. The Morgan fingerprint density at radius 2 is 1.78 bits per heavy atom. The summed E-state index contributed by atoms with van der Waals surface area (Å²) in [7, 11) is 2.24. The lowest BCUT2D eigenvalue weighted by Crippen LogP contribution is -2.52. The molecule has 220 valence electrons. The van der Waals surface area contributed by atoms with E-state index in [2.05, 4.69) is 69.4 Å². The molecule has 1 aromatic carbocycles. The number of piperazine rings is 1. The fraction of sp³-hybridized carbons (Fsp3) is 0.594. The number of piperidine rings is 2. The standard InChI is InChI=1S/C32H47N9/c1-4-22-19-23(8-9-28(22)41-13-10-25(11-14-41)40-17-15-39(3)16-18-40)26-21-35-31(33)30-29(26)38-32(27(5-2)37-30)36-24-7-6-12-34-20-24/h8-9,19,21,24-25,34H,4-7,10-18,20H2,1-3H3,(H2,33,35)(H,36,38). The molecule has 9 nitrogen and oxygen atoms in total. The van der Waals surface area contributed by atoms with Crippen molar-refractivity contribution in [2.75, 3.05) is 75.4 Å². The molecule has 0 spiro atoms. The molecule has 0 bridgehead atoms. The Morgan fingerprint density at radius 1 is 0.976 bits per heavy atom. The first-order valence-corrected chi connectivity index (χ1v) is 15.8. The van der Waals surface area contributed by atoms with Crippen LogP contribution in [0.15, 0.2) is 24.4 Å². The quantitative estimate of drug-likeness (QED) is 0.401. The van der Waals surface area contributed by atoms with Crippen LogP contribution in [0, 0.1) is 0 Å². The molecule has 6 rings (SSSR count). The van der Waals surface area contributed by atoms with Crippen LogP contribution in [-0.4, -0.2) is 96.2 Å². The van der Waals surface area contributed by atoms with Gasteiger partial charge in [-0.25, -0.2) is 15.0 Å². The van der Waals surface area contributed by atoms with E-state index in [-0.39, 0.29) is 0 Å². The van der Waals surface area contributed by atoms with E-state index >= 15 is 0 Å². The van der Waals surface area contributed by atoms with E-state index in [1.54, 1.807) is 0 Å². The molecule has 3 saturated heterocycles. The summed E-state index contributed by atoms with van der Waals surface area (Å²) in [5.41, 5.74) is 13.7. The normalized spacial score (nSPS) is 21.4. The maximum atomic E-state index is 6.35. The molecule has 1 unspecified atom stereocenters. The number of rotatable bonds is 7. The SMILES string of the molecule is CCc1cc(-c2cnc(N)c3nc(CC)c(NC4CCCNC4)nc23)ccc1N1CCC(N2CCN(C)CC2)CC1. The van der Waals surface area contributed by atoms with Crippen molar-refractivity contribution in [1.29, 1.82) is 0 Å². The zero-order valence-electron chi connectivity index (χ0n) is 25.1. The summed E-state index contributed by atoms with van der Waals surface area (Å²) in [5, 5.41) is 7.18. The second-order valence-corrected chi connectivity index (χ2v) is 12.1. The average molecular weight is 558 g/mol. The third-order valence-corrected chi connectivity index (χ3v) is 9.40. The van der Waals surface area contributed by atoms with E-state index in [0.29, 0.717) is 17.4 Å². The van der Waals surface area contributed by atoms with Gasteiger partial charge in [-0.15, -0.1) is 0 Å². The van der Waals surface area contributed by atoms with Gasteiger partial charge in [0.05, 0.1) is 5.69 Å². The minimum Gasteiger partial charge on any atom is -0.382 e. The maximum absolute atomic E-state index is 6.35. The van der Waals surface area contributed by atoms with E-state index in [1.807, 2.05) is 6.20 Å². The van der Waals surface area contributed by atoms with Gasteiger partial charge in [0.15, 0.2) is 5.82 Å². The number of pyridine rings is 1. The van der Waals surface area contributed by atoms with Gasteiger partial charge in [-0.3, -0.25) is 4.90 Å². The number of benzene rings is 1. The van der Waals surface area contributed by atoms with Crippen molar-refractivity contribution in [1.82, 2.24) is 30.1 Å². The van der Waals surface area contributed by atoms with Crippen LogP contribution in [-0.2, 0) is 12.8 Å². The Kier molecular flexibility index (Phi) is 8.55. The third-order valence-electron chi connectivity index (χ3n) is 9.40. The highest BCUT2D eigenvalue weighted by Crippen LogP contribution is 2.35. The van der Waals surface area contributed by atoms with Gasteiger partial charge in [0.2, 0.25) is 0 Å².